The summed E-state index contributed by atoms with van der Waals surface area (Å²) in [5.41, 5.74) is 4.07. The van der Waals surface area contributed by atoms with Crippen molar-refractivity contribution >= 4 is 17.5 Å². The monoisotopic (exact) mass is 314 g/mol. The van der Waals surface area contributed by atoms with Gasteiger partial charge in [0.05, 0.1) is 11.8 Å². The van der Waals surface area contributed by atoms with Crippen molar-refractivity contribution in [3.05, 3.63) is 28.8 Å². The van der Waals surface area contributed by atoms with E-state index in [1.54, 1.807) is 0 Å². The fourth-order valence-electron chi connectivity index (χ4n) is 3.90. The molecular formula is C18H22N2O3. The van der Waals surface area contributed by atoms with Crippen LogP contribution in [0.2, 0.25) is 0 Å². The summed E-state index contributed by atoms with van der Waals surface area (Å²) in [6.45, 7) is 2.19. The molecule has 5 heteroatoms. The quantitative estimate of drug-likeness (QED) is 0.926. The Morgan fingerprint density at radius 2 is 2.04 bits per heavy atom. The molecular weight excluding hydrogens is 292 g/mol. The molecule has 1 unspecified atom stereocenters. The van der Waals surface area contributed by atoms with Crippen molar-refractivity contribution in [2.75, 3.05) is 24.6 Å². The second-order valence-electron chi connectivity index (χ2n) is 6.64. The molecule has 122 valence electrons. The van der Waals surface area contributed by atoms with Gasteiger partial charge in [0.2, 0.25) is 5.91 Å². The van der Waals surface area contributed by atoms with E-state index >= 15 is 0 Å². The van der Waals surface area contributed by atoms with E-state index in [-0.39, 0.29) is 17.9 Å². The van der Waals surface area contributed by atoms with Gasteiger partial charge in [-0.15, -0.1) is 0 Å². The Morgan fingerprint density at radius 1 is 1.22 bits per heavy atom. The lowest BCUT2D eigenvalue weighted by molar-refractivity contribution is -0.119. The topological polar surface area (TPSA) is 58.6 Å². The van der Waals surface area contributed by atoms with Crippen molar-refractivity contribution in [2.45, 2.75) is 44.6 Å². The third-order valence-corrected chi connectivity index (χ3v) is 5.05. The van der Waals surface area contributed by atoms with E-state index in [2.05, 4.69) is 5.32 Å². The molecule has 5 nitrogen and oxygen atoms in total. The fraction of sp³-hybridized carbons (Fsp3) is 0.556. The predicted molar refractivity (Wildman–Crippen MR) is 86.7 cm³/mol. The van der Waals surface area contributed by atoms with Crippen molar-refractivity contribution in [1.29, 1.82) is 0 Å². The summed E-state index contributed by atoms with van der Waals surface area (Å²) < 4.78 is 5.55. The summed E-state index contributed by atoms with van der Waals surface area (Å²) in [5, 5.41) is 2.99. The number of rotatable bonds is 3. The first kappa shape index (κ1) is 14.7. The summed E-state index contributed by atoms with van der Waals surface area (Å²) in [7, 11) is 0. The predicted octanol–water partition coefficient (Wildman–Crippen LogP) is 1.82. The van der Waals surface area contributed by atoms with Crippen molar-refractivity contribution < 1.29 is 14.3 Å². The second-order valence-corrected chi connectivity index (χ2v) is 6.64. The first-order valence-corrected chi connectivity index (χ1v) is 8.58. The highest BCUT2D eigenvalue weighted by Crippen LogP contribution is 2.36. The number of nitrogens with zero attached hydrogens (tertiary/aromatic N) is 1. The zero-order valence-electron chi connectivity index (χ0n) is 13.3. The number of nitrogens with one attached hydrogen (secondary N) is 1. The Hall–Kier alpha value is -1.88. The van der Waals surface area contributed by atoms with Crippen LogP contribution < -0.4 is 10.2 Å². The smallest absolute Gasteiger partial charge is 0.251 e. The van der Waals surface area contributed by atoms with Crippen LogP contribution in [0.15, 0.2) is 12.1 Å². The summed E-state index contributed by atoms with van der Waals surface area (Å²) in [6, 6.07) is 3.93. The van der Waals surface area contributed by atoms with Gasteiger partial charge in [0.1, 0.15) is 0 Å². The molecule has 1 N–H and O–H groups in total. The molecule has 4 rings (SSSR count). The number of benzene rings is 1. The first-order chi connectivity index (χ1) is 11.2. The van der Waals surface area contributed by atoms with Gasteiger partial charge in [-0.1, -0.05) is 0 Å². The third-order valence-electron chi connectivity index (χ3n) is 5.05. The molecule has 1 atom stereocenters. The van der Waals surface area contributed by atoms with Gasteiger partial charge in [-0.25, -0.2) is 0 Å². The molecule has 0 radical (unpaired) electrons. The number of carbonyl (C=O) groups excluding carboxylic acids is 2. The van der Waals surface area contributed by atoms with E-state index in [0.29, 0.717) is 18.5 Å². The molecule has 23 heavy (non-hydrogen) atoms. The first-order valence-electron chi connectivity index (χ1n) is 8.58. The number of amides is 2. The van der Waals surface area contributed by atoms with Gasteiger partial charge in [-0.05, 0) is 55.4 Å². The number of hydrogen-bond acceptors (Lipinski definition) is 3. The number of anilines is 1. The molecule has 3 aliphatic heterocycles. The Bertz CT molecular complexity index is 633. The Kier molecular flexibility index (Phi) is 3.81. The molecule has 0 saturated carbocycles. The average molecular weight is 314 g/mol. The van der Waals surface area contributed by atoms with E-state index in [1.807, 2.05) is 17.0 Å². The summed E-state index contributed by atoms with van der Waals surface area (Å²) in [5.74, 6) is 0.183. The third kappa shape index (κ3) is 2.74. The van der Waals surface area contributed by atoms with Gasteiger partial charge in [-0.3, -0.25) is 9.59 Å². The summed E-state index contributed by atoms with van der Waals surface area (Å²) in [6.07, 6.45) is 5.46. The normalized spacial score (nSPS) is 22.9. The van der Waals surface area contributed by atoms with Gasteiger partial charge < -0.3 is 15.0 Å². The standard InChI is InChI=1S/C18H22N2O3/c21-16-6-5-13-10-14(9-12-3-1-7-20(16)17(12)13)18(22)19-11-15-4-2-8-23-15/h9-10,15H,1-8,11H2,(H,19,22). The molecule has 1 saturated heterocycles. The Balaban J connectivity index is 1.56. The van der Waals surface area contributed by atoms with Gasteiger partial charge in [0.15, 0.2) is 0 Å². The molecule has 0 spiro atoms. The molecule has 3 aliphatic rings. The maximum absolute atomic E-state index is 12.5. The molecule has 3 heterocycles. The fourth-order valence-corrected chi connectivity index (χ4v) is 3.90. The zero-order valence-corrected chi connectivity index (χ0v) is 13.3. The highest BCUT2D eigenvalue weighted by molar-refractivity contribution is 6.00. The minimum absolute atomic E-state index is 0.0337. The van der Waals surface area contributed by atoms with E-state index in [1.165, 1.54) is 0 Å². The number of hydrogen-bond donors (Lipinski definition) is 1. The molecule has 0 bridgehead atoms. The molecule has 0 aliphatic carbocycles. The maximum atomic E-state index is 12.5. The van der Waals surface area contributed by atoms with Crippen LogP contribution in [0.4, 0.5) is 5.69 Å². The van der Waals surface area contributed by atoms with Crippen LogP contribution in [0.25, 0.3) is 0 Å². The van der Waals surface area contributed by atoms with E-state index in [4.69, 9.17) is 4.74 Å². The number of carbonyl (C=O) groups is 2. The van der Waals surface area contributed by atoms with Crippen molar-refractivity contribution in [3.8, 4) is 0 Å². The van der Waals surface area contributed by atoms with Gasteiger partial charge in [0.25, 0.3) is 5.91 Å². The van der Waals surface area contributed by atoms with Crippen LogP contribution in [0.5, 0.6) is 0 Å². The summed E-state index contributed by atoms with van der Waals surface area (Å²) >= 11 is 0. The van der Waals surface area contributed by atoms with Crippen molar-refractivity contribution in [3.63, 3.8) is 0 Å². The molecule has 1 aromatic rings. The van der Waals surface area contributed by atoms with E-state index in [9.17, 15) is 9.59 Å². The maximum Gasteiger partial charge on any atom is 0.251 e. The number of ether oxygens (including phenoxy) is 1. The average Bonchev–Trinajstić information content (AvgIpc) is 3.09. The highest BCUT2D eigenvalue weighted by atomic mass is 16.5. The second kappa shape index (κ2) is 5.96. The van der Waals surface area contributed by atoms with E-state index in [0.717, 1.165) is 62.1 Å². The zero-order chi connectivity index (χ0) is 15.8. The van der Waals surface area contributed by atoms with Crippen LogP contribution in [0.3, 0.4) is 0 Å². The van der Waals surface area contributed by atoms with Crippen molar-refractivity contribution in [1.82, 2.24) is 5.32 Å². The lowest BCUT2D eigenvalue weighted by atomic mass is 9.89. The number of aryl methyl sites for hydroxylation is 2. The SMILES string of the molecule is O=C(NCC1CCCO1)c1cc2c3c(c1)CCC(=O)N3CCC2. The van der Waals surface area contributed by atoms with Gasteiger partial charge in [-0.2, -0.15) is 0 Å². The minimum atomic E-state index is -0.0337. The molecule has 1 aromatic carbocycles. The van der Waals surface area contributed by atoms with Gasteiger partial charge >= 0.3 is 0 Å². The lowest BCUT2D eigenvalue weighted by Crippen LogP contribution is -2.39. The van der Waals surface area contributed by atoms with Crippen molar-refractivity contribution in [2.24, 2.45) is 0 Å². The van der Waals surface area contributed by atoms with Crippen LogP contribution in [0.1, 0.15) is 47.2 Å². The molecule has 1 fully saturated rings. The Labute approximate surface area is 136 Å². The Morgan fingerprint density at radius 3 is 2.83 bits per heavy atom. The largest absolute Gasteiger partial charge is 0.376 e. The summed E-state index contributed by atoms with van der Waals surface area (Å²) in [4.78, 5) is 26.5. The lowest BCUT2D eigenvalue weighted by Gasteiger charge is -2.35. The van der Waals surface area contributed by atoms with Crippen LogP contribution in [-0.2, 0) is 22.4 Å². The minimum Gasteiger partial charge on any atom is -0.376 e. The van der Waals surface area contributed by atoms with Crippen LogP contribution >= 0.6 is 0 Å². The van der Waals surface area contributed by atoms with Crippen LogP contribution in [0, 0.1) is 0 Å². The van der Waals surface area contributed by atoms with E-state index < -0.39 is 0 Å². The van der Waals surface area contributed by atoms with Gasteiger partial charge in [0, 0.05) is 31.7 Å². The van der Waals surface area contributed by atoms with Crippen LogP contribution in [-0.4, -0.2) is 37.6 Å². The molecule has 2 amide bonds. The highest BCUT2D eigenvalue weighted by Gasteiger charge is 2.30. The molecule has 0 aromatic heterocycles.